The van der Waals surface area contributed by atoms with Crippen LogP contribution in [-0.4, -0.2) is 29.0 Å². The van der Waals surface area contributed by atoms with Crippen LogP contribution in [0.1, 0.15) is 12.8 Å². The van der Waals surface area contributed by atoms with Crippen LogP contribution in [-0.2, 0) is 9.59 Å². The number of amides is 4. The van der Waals surface area contributed by atoms with Gasteiger partial charge in [0.15, 0.2) is 0 Å². The Morgan fingerprint density at radius 3 is 2.57 bits per heavy atom. The molecular formula is C18H14Cl3N3O4. The molecular weight excluding hydrogens is 429 g/mol. The molecule has 28 heavy (non-hydrogen) atoms. The van der Waals surface area contributed by atoms with Crippen LogP contribution in [0.5, 0.6) is 5.75 Å². The van der Waals surface area contributed by atoms with E-state index in [1.54, 1.807) is 0 Å². The lowest BCUT2D eigenvalue weighted by atomic mass is 10.1. The monoisotopic (exact) mass is 441 g/mol. The molecule has 146 valence electrons. The van der Waals surface area contributed by atoms with Gasteiger partial charge in [-0.1, -0.05) is 34.8 Å². The van der Waals surface area contributed by atoms with Crippen molar-refractivity contribution in [3.63, 3.8) is 0 Å². The number of carbonyl (C=O) groups is 3. The molecule has 3 rings (SSSR count). The zero-order chi connectivity index (χ0) is 20.4. The molecule has 1 atom stereocenters. The van der Waals surface area contributed by atoms with Gasteiger partial charge in [-0.3, -0.25) is 9.59 Å². The predicted molar refractivity (Wildman–Crippen MR) is 107 cm³/mol. The third-order valence-corrected chi connectivity index (χ3v) is 5.05. The second-order valence-corrected chi connectivity index (χ2v) is 7.27. The summed E-state index contributed by atoms with van der Waals surface area (Å²) >= 11 is 17.6. The fourth-order valence-electron chi connectivity index (χ4n) is 2.69. The molecule has 1 aliphatic rings. The largest absolute Gasteiger partial charge is 0.506 e. The topological polar surface area (TPSA) is 98.7 Å². The number of rotatable bonds is 5. The first-order valence-electron chi connectivity index (χ1n) is 8.14. The SMILES string of the molecule is O=C(CCC1NC(=O)N(c2ccc(Cl)c(Cl)c2)C1=O)Nc1cc(Cl)ccc1O. The van der Waals surface area contributed by atoms with E-state index in [-0.39, 0.29) is 35.0 Å². The number of anilines is 2. The van der Waals surface area contributed by atoms with Crippen molar-refractivity contribution >= 4 is 64.0 Å². The minimum absolute atomic E-state index is 0.0577. The molecule has 1 saturated heterocycles. The van der Waals surface area contributed by atoms with E-state index < -0.39 is 23.9 Å². The van der Waals surface area contributed by atoms with Gasteiger partial charge < -0.3 is 15.7 Å². The van der Waals surface area contributed by atoms with Crippen LogP contribution in [0.25, 0.3) is 0 Å². The van der Waals surface area contributed by atoms with Crippen molar-refractivity contribution < 1.29 is 19.5 Å². The van der Waals surface area contributed by atoms with Gasteiger partial charge in [-0.25, -0.2) is 9.69 Å². The molecule has 0 aromatic heterocycles. The molecule has 1 unspecified atom stereocenters. The van der Waals surface area contributed by atoms with Gasteiger partial charge >= 0.3 is 6.03 Å². The van der Waals surface area contributed by atoms with Crippen molar-refractivity contribution in [2.24, 2.45) is 0 Å². The van der Waals surface area contributed by atoms with Crippen LogP contribution < -0.4 is 15.5 Å². The first-order valence-corrected chi connectivity index (χ1v) is 9.27. The highest BCUT2D eigenvalue weighted by Crippen LogP contribution is 2.30. The molecule has 2 aromatic rings. The molecule has 0 aliphatic carbocycles. The van der Waals surface area contributed by atoms with E-state index in [0.717, 1.165) is 4.90 Å². The van der Waals surface area contributed by atoms with Gasteiger partial charge in [0, 0.05) is 11.4 Å². The number of nitrogens with one attached hydrogen (secondary N) is 2. The van der Waals surface area contributed by atoms with Crippen LogP contribution in [0.4, 0.5) is 16.2 Å². The molecule has 10 heteroatoms. The molecule has 3 N–H and O–H groups in total. The number of urea groups is 1. The second kappa shape index (κ2) is 8.26. The Kier molecular flexibility index (Phi) is 5.98. The van der Waals surface area contributed by atoms with Gasteiger partial charge in [0.1, 0.15) is 11.8 Å². The van der Waals surface area contributed by atoms with Crippen molar-refractivity contribution in [1.82, 2.24) is 5.32 Å². The molecule has 0 saturated carbocycles. The van der Waals surface area contributed by atoms with E-state index in [1.807, 2.05) is 0 Å². The summed E-state index contributed by atoms with van der Waals surface area (Å²) in [6.45, 7) is 0. The highest BCUT2D eigenvalue weighted by atomic mass is 35.5. The summed E-state index contributed by atoms with van der Waals surface area (Å²) < 4.78 is 0. The number of phenols is 1. The van der Waals surface area contributed by atoms with Gasteiger partial charge in [0.2, 0.25) is 5.91 Å². The Bertz CT molecular complexity index is 967. The standard InChI is InChI=1S/C18H14Cl3N3O4/c19-9-1-5-15(25)14(7-9)22-16(26)6-4-13-17(27)24(18(28)23-13)10-2-3-11(20)12(21)8-10/h1-3,5,7-8,13,25H,4,6H2,(H,22,26)(H,23,28). The van der Waals surface area contributed by atoms with Crippen molar-refractivity contribution in [2.45, 2.75) is 18.9 Å². The van der Waals surface area contributed by atoms with Crippen LogP contribution in [0, 0.1) is 0 Å². The lowest BCUT2D eigenvalue weighted by molar-refractivity contribution is -0.119. The van der Waals surface area contributed by atoms with Gasteiger partial charge in [-0.2, -0.15) is 0 Å². The van der Waals surface area contributed by atoms with Crippen molar-refractivity contribution in [2.75, 3.05) is 10.2 Å². The van der Waals surface area contributed by atoms with E-state index >= 15 is 0 Å². The van der Waals surface area contributed by atoms with Crippen LogP contribution >= 0.6 is 34.8 Å². The number of hydrogen-bond donors (Lipinski definition) is 3. The van der Waals surface area contributed by atoms with Crippen molar-refractivity contribution in [3.05, 3.63) is 51.5 Å². The van der Waals surface area contributed by atoms with Crippen molar-refractivity contribution in [1.29, 1.82) is 0 Å². The quantitative estimate of drug-likeness (QED) is 0.477. The number of imide groups is 1. The Morgan fingerprint density at radius 2 is 1.86 bits per heavy atom. The lowest BCUT2D eigenvalue weighted by Gasteiger charge is -2.14. The maximum atomic E-state index is 12.6. The number of carbonyl (C=O) groups excluding carboxylic acids is 3. The molecule has 1 heterocycles. The zero-order valence-corrected chi connectivity index (χ0v) is 16.5. The van der Waals surface area contributed by atoms with Gasteiger partial charge in [-0.15, -0.1) is 0 Å². The summed E-state index contributed by atoms with van der Waals surface area (Å²) in [5, 5.41) is 15.6. The average molecular weight is 443 g/mol. The molecule has 1 aliphatic heterocycles. The molecule has 1 fully saturated rings. The fourth-order valence-corrected chi connectivity index (χ4v) is 3.16. The lowest BCUT2D eigenvalue weighted by Crippen LogP contribution is -2.31. The Labute approximate surface area is 175 Å². The van der Waals surface area contributed by atoms with Gasteiger partial charge in [0.25, 0.3) is 5.91 Å². The third-order valence-electron chi connectivity index (χ3n) is 4.07. The number of hydrogen-bond acceptors (Lipinski definition) is 4. The fraction of sp³-hybridized carbons (Fsp3) is 0.167. The van der Waals surface area contributed by atoms with E-state index in [9.17, 15) is 19.5 Å². The number of phenolic OH excluding ortho intramolecular Hbond substituents is 1. The third kappa shape index (κ3) is 4.32. The summed E-state index contributed by atoms with van der Waals surface area (Å²) in [5.74, 6) is -1.07. The van der Waals surface area contributed by atoms with Gasteiger partial charge in [-0.05, 0) is 42.8 Å². The highest BCUT2D eigenvalue weighted by molar-refractivity contribution is 6.42. The molecule has 0 bridgehead atoms. The summed E-state index contributed by atoms with van der Waals surface area (Å²) in [5.41, 5.74) is 0.449. The maximum absolute atomic E-state index is 12.6. The Hall–Kier alpha value is -2.48. The number of halogens is 3. The van der Waals surface area contributed by atoms with Crippen LogP contribution in [0.3, 0.4) is 0 Å². The summed E-state index contributed by atoms with van der Waals surface area (Å²) in [4.78, 5) is 37.8. The second-order valence-electron chi connectivity index (χ2n) is 6.02. The summed E-state index contributed by atoms with van der Waals surface area (Å²) in [7, 11) is 0. The van der Waals surface area contributed by atoms with Gasteiger partial charge in [0.05, 0.1) is 21.4 Å². The van der Waals surface area contributed by atoms with Crippen LogP contribution in [0.2, 0.25) is 15.1 Å². The normalized spacial score (nSPS) is 16.2. The first kappa shape index (κ1) is 20.3. The van der Waals surface area contributed by atoms with Crippen LogP contribution in [0.15, 0.2) is 36.4 Å². The zero-order valence-electron chi connectivity index (χ0n) is 14.2. The van der Waals surface area contributed by atoms with E-state index in [4.69, 9.17) is 34.8 Å². The molecule has 4 amide bonds. The van der Waals surface area contributed by atoms with E-state index in [2.05, 4.69) is 10.6 Å². The smallest absolute Gasteiger partial charge is 0.329 e. The highest BCUT2D eigenvalue weighted by Gasteiger charge is 2.39. The first-order chi connectivity index (χ1) is 13.3. The Morgan fingerprint density at radius 1 is 1.11 bits per heavy atom. The minimum Gasteiger partial charge on any atom is -0.506 e. The summed E-state index contributed by atoms with van der Waals surface area (Å²) in [6.07, 6.45) is 0.0212. The predicted octanol–water partition coefficient (Wildman–Crippen LogP) is 4.20. The number of aromatic hydroxyl groups is 1. The average Bonchev–Trinajstić information content (AvgIpc) is 2.92. The molecule has 2 aromatic carbocycles. The molecule has 7 nitrogen and oxygen atoms in total. The summed E-state index contributed by atoms with van der Waals surface area (Å²) in [6, 6.07) is 7.18. The maximum Gasteiger partial charge on any atom is 0.329 e. The van der Waals surface area contributed by atoms with E-state index in [1.165, 1.54) is 36.4 Å². The molecule has 0 radical (unpaired) electrons. The number of nitrogens with zero attached hydrogens (tertiary/aromatic N) is 1. The Balaban J connectivity index is 1.63. The molecule has 0 spiro atoms. The van der Waals surface area contributed by atoms with Crippen molar-refractivity contribution in [3.8, 4) is 5.75 Å². The number of benzene rings is 2. The minimum atomic E-state index is -0.860. The van der Waals surface area contributed by atoms with E-state index in [0.29, 0.717) is 10.0 Å².